The lowest BCUT2D eigenvalue weighted by Gasteiger charge is -2.34. The third kappa shape index (κ3) is 6.19. The number of rotatable bonds is 10. The molecule has 0 radical (unpaired) electrons. The Kier molecular flexibility index (Phi) is 8.50. The lowest BCUT2D eigenvalue weighted by molar-refractivity contribution is -0.384. The molecule has 0 saturated heterocycles. The van der Waals surface area contributed by atoms with Crippen LogP contribution in [0.1, 0.15) is 54.1 Å². The number of phenolic OH excluding ortho intramolecular Hbond substituents is 1. The molecule has 0 saturated carbocycles. The number of nitrogens with zero attached hydrogens (tertiary/aromatic N) is 1. The molecule has 0 fully saturated rings. The fraction of sp³-hybridized carbons (Fsp3) is 0.150. The van der Waals surface area contributed by atoms with Crippen LogP contribution in [0.15, 0.2) is 115 Å². The van der Waals surface area contributed by atoms with Crippen LogP contribution in [0.4, 0.5) is 5.69 Å². The van der Waals surface area contributed by atoms with E-state index in [1.165, 1.54) is 24.3 Å². The molecule has 9 nitrogen and oxygen atoms in total. The lowest BCUT2D eigenvalue weighted by atomic mass is 9.72. The number of carbonyl (C=O) groups is 2. The van der Waals surface area contributed by atoms with E-state index in [0.29, 0.717) is 16.9 Å². The molecule has 49 heavy (non-hydrogen) atoms. The van der Waals surface area contributed by atoms with E-state index in [-0.39, 0.29) is 65.7 Å². The molecule has 2 aliphatic rings. The van der Waals surface area contributed by atoms with Crippen molar-refractivity contribution in [2.45, 2.75) is 39.3 Å². The van der Waals surface area contributed by atoms with Gasteiger partial charge in [0.05, 0.1) is 28.8 Å². The summed E-state index contributed by atoms with van der Waals surface area (Å²) in [6.07, 6.45) is -0.608. The van der Waals surface area contributed by atoms with Gasteiger partial charge in [-0.1, -0.05) is 66.7 Å². The minimum absolute atomic E-state index is 0.0174. The SMILES string of the molecule is Cc1cc2c(c(OCc3ccccc3)c1)C1=C(C(=O)c3c(O)ccc(OCc4ccccc4)c3C1=O)[C@H](OCc1ccc([N+](=O)[O-])cc1)C2. The zero-order valence-corrected chi connectivity index (χ0v) is 26.6. The van der Waals surface area contributed by atoms with Crippen molar-refractivity contribution in [3.8, 4) is 17.2 Å². The number of allylic oxidation sites excluding steroid dienone is 1. The number of phenols is 1. The number of nitro groups is 1. The second-order valence-corrected chi connectivity index (χ2v) is 12.1. The third-order valence-electron chi connectivity index (χ3n) is 8.72. The van der Waals surface area contributed by atoms with Crippen LogP contribution in [0.2, 0.25) is 0 Å². The van der Waals surface area contributed by atoms with Gasteiger partial charge in [-0.15, -0.1) is 0 Å². The first-order valence-electron chi connectivity index (χ1n) is 15.8. The van der Waals surface area contributed by atoms with Crippen molar-refractivity contribution in [3.05, 3.63) is 169 Å². The summed E-state index contributed by atoms with van der Waals surface area (Å²) in [6.45, 7) is 2.35. The minimum Gasteiger partial charge on any atom is -0.507 e. The van der Waals surface area contributed by atoms with Gasteiger partial charge in [-0.2, -0.15) is 0 Å². The van der Waals surface area contributed by atoms with Crippen LogP contribution < -0.4 is 9.47 Å². The fourth-order valence-electron chi connectivity index (χ4n) is 6.41. The number of fused-ring (bicyclic) bond motifs is 3. The maximum atomic E-state index is 14.8. The number of hydrogen-bond donors (Lipinski definition) is 1. The van der Waals surface area contributed by atoms with Gasteiger partial charge in [0.15, 0.2) is 11.6 Å². The number of aromatic hydroxyl groups is 1. The predicted molar refractivity (Wildman–Crippen MR) is 182 cm³/mol. The maximum absolute atomic E-state index is 14.8. The second-order valence-electron chi connectivity index (χ2n) is 12.1. The zero-order valence-electron chi connectivity index (χ0n) is 26.6. The Bertz CT molecular complexity index is 2120. The number of ether oxygens (including phenoxy) is 3. The van der Waals surface area contributed by atoms with E-state index < -0.39 is 22.6 Å². The van der Waals surface area contributed by atoms with Gasteiger partial charge in [-0.05, 0) is 65.1 Å². The van der Waals surface area contributed by atoms with Crippen molar-refractivity contribution < 1.29 is 33.8 Å². The topological polar surface area (TPSA) is 125 Å². The van der Waals surface area contributed by atoms with E-state index in [2.05, 4.69) is 0 Å². The number of nitro benzene ring substituents is 1. The van der Waals surface area contributed by atoms with Crippen LogP contribution in [0.25, 0.3) is 5.57 Å². The number of hydrogen-bond acceptors (Lipinski definition) is 8. The van der Waals surface area contributed by atoms with Crippen molar-refractivity contribution in [3.63, 3.8) is 0 Å². The van der Waals surface area contributed by atoms with Crippen LogP contribution in [-0.4, -0.2) is 27.7 Å². The Labute approximate surface area is 282 Å². The first-order valence-corrected chi connectivity index (χ1v) is 15.8. The van der Waals surface area contributed by atoms with Crippen molar-refractivity contribution in [2.24, 2.45) is 0 Å². The van der Waals surface area contributed by atoms with Gasteiger partial charge in [0.2, 0.25) is 0 Å². The zero-order chi connectivity index (χ0) is 34.1. The summed E-state index contributed by atoms with van der Waals surface area (Å²) < 4.78 is 18.9. The van der Waals surface area contributed by atoms with Crippen LogP contribution in [0, 0.1) is 17.0 Å². The number of benzene rings is 5. The van der Waals surface area contributed by atoms with E-state index in [0.717, 1.165) is 22.3 Å². The second kappa shape index (κ2) is 13.2. The molecular weight excluding hydrogens is 622 g/mol. The van der Waals surface area contributed by atoms with Gasteiger partial charge in [0, 0.05) is 35.3 Å². The monoisotopic (exact) mass is 653 g/mol. The van der Waals surface area contributed by atoms with Crippen LogP contribution in [0.5, 0.6) is 17.2 Å². The van der Waals surface area contributed by atoms with Gasteiger partial charge in [-0.25, -0.2) is 0 Å². The third-order valence-corrected chi connectivity index (χ3v) is 8.72. The molecule has 0 aliphatic heterocycles. The molecular formula is C40H31NO8. The van der Waals surface area contributed by atoms with E-state index in [4.69, 9.17) is 14.2 Å². The minimum atomic E-state index is -0.862. The molecule has 0 aromatic heterocycles. The number of aryl methyl sites for hydroxylation is 1. The average Bonchev–Trinajstić information content (AvgIpc) is 3.11. The average molecular weight is 654 g/mol. The number of carbonyl (C=O) groups excluding carboxylic acids is 2. The van der Waals surface area contributed by atoms with E-state index in [1.807, 2.05) is 79.7 Å². The summed E-state index contributed by atoms with van der Waals surface area (Å²) in [7, 11) is 0. The summed E-state index contributed by atoms with van der Waals surface area (Å²) in [5.41, 5.74) is 4.70. The highest BCUT2D eigenvalue weighted by Gasteiger charge is 2.45. The molecule has 5 aromatic carbocycles. The Balaban J connectivity index is 1.32. The van der Waals surface area contributed by atoms with Gasteiger partial charge >= 0.3 is 0 Å². The quantitative estimate of drug-likeness (QED) is 0.120. The Morgan fingerprint density at radius 1 is 0.714 bits per heavy atom. The van der Waals surface area contributed by atoms with Crippen molar-refractivity contribution in [2.75, 3.05) is 0 Å². The van der Waals surface area contributed by atoms with E-state index in [1.54, 1.807) is 12.1 Å². The molecule has 7 rings (SSSR count). The van der Waals surface area contributed by atoms with Crippen molar-refractivity contribution >= 4 is 22.8 Å². The van der Waals surface area contributed by atoms with Gasteiger partial charge in [-0.3, -0.25) is 19.7 Å². The summed E-state index contributed by atoms with van der Waals surface area (Å²) in [4.78, 5) is 40.0. The smallest absolute Gasteiger partial charge is 0.269 e. The predicted octanol–water partition coefficient (Wildman–Crippen LogP) is 7.74. The number of ketones is 2. The highest BCUT2D eigenvalue weighted by Crippen LogP contribution is 2.48. The van der Waals surface area contributed by atoms with Gasteiger partial charge in [0.1, 0.15) is 30.5 Å². The molecule has 0 heterocycles. The lowest BCUT2D eigenvalue weighted by Crippen LogP contribution is -2.35. The molecule has 1 N–H and O–H groups in total. The molecule has 2 aliphatic carbocycles. The molecule has 1 atom stereocenters. The Morgan fingerprint density at radius 2 is 1.33 bits per heavy atom. The standard InChI is InChI=1S/C40H31NO8/c1-24-18-28-20-33(49-23-27-12-14-29(15-13-27)41(45)46)37-38(34(28)32(19-24)48-22-26-10-6-3-7-11-26)40(44)36-31(17-16-30(42)35(36)39(37)43)47-21-25-8-4-2-5-9-25/h2-19,33,42H,20-23H2,1H3/t33-/m1/s1. The summed E-state index contributed by atoms with van der Waals surface area (Å²) in [5, 5.41) is 22.2. The summed E-state index contributed by atoms with van der Waals surface area (Å²) >= 11 is 0. The van der Waals surface area contributed by atoms with Gasteiger partial charge in [0.25, 0.3) is 5.69 Å². The molecule has 9 heteroatoms. The van der Waals surface area contributed by atoms with Crippen LogP contribution >= 0.6 is 0 Å². The summed E-state index contributed by atoms with van der Waals surface area (Å²) in [6, 6.07) is 31.7. The fourth-order valence-corrected chi connectivity index (χ4v) is 6.41. The molecule has 0 spiro atoms. The largest absolute Gasteiger partial charge is 0.507 e. The van der Waals surface area contributed by atoms with Gasteiger partial charge < -0.3 is 19.3 Å². The van der Waals surface area contributed by atoms with E-state index in [9.17, 15) is 24.8 Å². The highest BCUT2D eigenvalue weighted by atomic mass is 16.6. The maximum Gasteiger partial charge on any atom is 0.269 e. The van der Waals surface area contributed by atoms with Crippen molar-refractivity contribution in [1.82, 2.24) is 0 Å². The molecule has 0 amide bonds. The first-order chi connectivity index (χ1) is 23.8. The first kappa shape index (κ1) is 31.5. The van der Waals surface area contributed by atoms with Crippen molar-refractivity contribution in [1.29, 1.82) is 0 Å². The summed E-state index contributed by atoms with van der Waals surface area (Å²) in [5.74, 6) is -0.730. The highest BCUT2D eigenvalue weighted by molar-refractivity contribution is 6.43. The number of Topliss-reactive ketones (excluding diaryl/α,β-unsaturated/α-hetero) is 2. The molecule has 244 valence electrons. The molecule has 5 aromatic rings. The normalized spacial score (nSPS) is 14.9. The van der Waals surface area contributed by atoms with Crippen LogP contribution in [-0.2, 0) is 31.0 Å². The Morgan fingerprint density at radius 3 is 1.96 bits per heavy atom. The molecule has 0 bridgehead atoms. The Hall–Kier alpha value is -6.06. The number of non-ortho nitro benzene ring substituents is 1. The molecule has 0 unspecified atom stereocenters. The van der Waals surface area contributed by atoms with E-state index >= 15 is 0 Å². The van der Waals surface area contributed by atoms with Crippen LogP contribution in [0.3, 0.4) is 0 Å².